The summed E-state index contributed by atoms with van der Waals surface area (Å²) < 4.78 is 35.3. The van der Waals surface area contributed by atoms with E-state index in [1.54, 1.807) is 54.7 Å². The second-order valence-electron chi connectivity index (χ2n) is 20.5. The first-order valence-electron chi connectivity index (χ1n) is 25.9. The van der Waals surface area contributed by atoms with Gasteiger partial charge in [-0.25, -0.2) is 14.3 Å². The van der Waals surface area contributed by atoms with Gasteiger partial charge in [-0.2, -0.15) is 0 Å². The number of fused-ring (bicyclic) bond motifs is 2. The third-order valence-corrected chi connectivity index (χ3v) is 15.3. The molecule has 3 amide bonds. The number of phosphoric ester groups is 1. The average molecular weight is 1060 g/mol. The smallest absolute Gasteiger partial charge is 0.480 e. The Morgan fingerprint density at radius 2 is 1.63 bits per heavy atom. The van der Waals surface area contributed by atoms with Crippen molar-refractivity contribution in [2.24, 2.45) is 5.41 Å². The zero-order chi connectivity index (χ0) is 52.7. The number of carboxylic acids is 1. The lowest BCUT2D eigenvalue weighted by molar-refractivity contribution is -0.162. The standard InChI is InChI=1S/C52H67N10O12P/c1-60(2)25-6-5-9-42(56-49(64)52(50(65)66)20-7-21-52)48(63)55-34-13-11-33(12-14-34)32-71-51(67)57-47-44(29-43(58-59-47)41-8-3-4-10-45(41)74-75(68,69)70)61-30-36-15-16-37(31-61)62(36)35-17-24-54-46(26-35)73-40-27-39(28-40)72-38-18-22-53-23-19-38/h3-4,8,10-14,17,24,26,29,36-40,42,53H,5-7,9,15-16,18-23,25,27-28,30-32H2,1-2H3,(H,55,63)(H,56,64)(H,65,66)(H,57,59,67)(H2,68,69,70)/t36?,37?,39?,40?,42-/m0/s1. The van der Waals surface area contributed by atoms with Gasteiger partial charge in [-0.1, -0.05) is 30.7 Å². The molecule has 2 bridgehead atoms. The molecule has 0 spiro atoms. The molecule has 2 aromatic heterocycles. The Balaban J connectivity index is 0.852. The van der Waals surface area contributed by atoms with E-state index < -0.39 is 43.2 Å². The predicted octanol–water partition coefficient (Wildman–Crippen LogP) is 5.70. The molecule has 2 aliphatic carbocycles. The minimum Gasteiger partial charge on any atom is -0.480 e. The highest BCUT2D eigenvalue weighted by atomic mass is 31.2. The van der Waals surface area contributed by atoms with Gasteiger partial charge in [-0.05, 0) is 133 Å². The number of aliphatic carboxylic acids is 1. The minimum absolute atomic E-state index is 0.0417. The summed E-state index contributed by atoms with van der Waals surface area (Å²) in [4.78, 5) is 82.9. The summed E-state index contributed by atoms with van der Waals surface area (Å²) >= 11 is 0. The van der Waals surface area contributed by atoms with E-state index in [9.17, 15) is 38.6 Å². The van der Waals surface area contributed by atoms with Crippen molar-refractivity contribution >= 4 is 54.6 Å². The summed E-state index contributed by atoms with van der Waals surface area (Å²) in [5.74, 6) is -1.73. The lowest BCUT2D eigenvalue weighted by atomic mass is 9.68. The number of pyridine rings is 1. The Hall–Kier alpha value is -6.42. The number of carboxylic acid groups (broad SMARTS) is 1. The number of nitrogens with one attached hydrogen (secondary N) is 4. The van der Waals surface area contributed by atoms with Crippen LogP contribution in [0.5, 0.6) is 11.6 Å². The number of carbonyl (C=O) groups excluding carboxylic acids is 3. The first kappa shape index (κ1) is 53.4. The fourth-order valence-electron chi connectivity index (χ4n) is 10.6. The van der Waals surface area contributed by atoms with Crippen LogP contribution in [0.3, 0.4) is 0 Å². The highest BCUT2D eigenvalue weighted by Gasteiger charge is 2.52. The van der Waals surface area contributed by atoms with Gasteiger partial charge in [-0.15, -0.1) is 10.2 Å². The molecule has 2 unspecified atom stereocenters. The van der Waals surface area contributed by atoms with Gasteiger partial charge in [0.15, 0.2) is 5.82 Å². The molecule has 4 aromatic rings. The van der Waals surface area contributed by atoms with Crippen molar-refractivity contribution in [2.75, 3.05) is 67.3 Å². The summed E-state index contributed by atoms with van der Waals surface area (Å²) in [5.41, 5.74) is 1.56. The Morgan fingerprint density at radius 1 is 0.893 bits per heavy atom. The van der Waals surface area contributed by atoms with Gasteiger partial charge in [0.1, 0.15) is 29.9 Å². The number of carbonyl (C=O) groups is 4. The Kier molecular flexibility index (Phi) is 16.8. The fraction of sp³-hybridized carbons (Fsp3) is 0.519. The molecule has 9 rings (SSSR count). The van der Waals surface area contributed by atoms with Crippen LogP contribution in [0.2, 0.25) is 0 Å². The number of nitrogens with zero attached hydrogens (tertiary/aromatic N) is 6. The Morgan fingerprint density at radius 3 is 2.31 bits per heavy atom. The lowest BCUT2D eigenvalue weighted by Gasteiger charge is -2.43. The van der Waals surface area contributed by atoms with E-state index in [-0.39, 0.29) is 66.6 Å². The van der Waals surface area contributed by atoms with Crippen LogP contribution in [-0.4, -0.2) is 142 Å². The van der Waals surface area contributed by atoms with E-state index in [1.807, 2.05) is 31.1 Å². The zero-order valence-corrected chi connectivity index (χ0v) is 43.2. The lowest BCUT2D eigenvalue weighted by Crippen LogP contribution is -2.55. The maximum Gasteiger partial charge on any atom is 0.524 e. The molecule has 5 aliphatic rings. The van der Waals surface area contributed by atoms with Crippen molar-refractivity contribution in [2.45, 2.75) is 120 Å². The largest absolute Gasteiger partial charge is 0.524 e. The highest BCUT2D eigenvalue weighted by Crippen LogP contribution is 2.45. The number of hydrogen-bond donors (Lipinski definition) is 7. The average Bonchev–Trinajstić information content (AvgIpc) is 3.62. The predicted molar refractivity (Wildman–Crippen MR) is 277 cm³/mol. The highest BCUT2D eigenvalue weighted by molar-refractivity contribution is 7.46. The van der Waals surface area contributed by atoms with Crippen molar-refractivity contribution in [1.82, 2.24) is 30.7 Å². The number of amides is 3. The van der Waals surface area contributed by atoms with E-state index in [4.69, 9.17) is 18.7 Å². The quantitative estimate of drug-likeness (QED) is 0.0282. The topological polar surface area (TPSA) is 279 Å². The van der Waals surface area contributed by atoms with Gasteiger partial charge in [0, 0.05) is 67.2 Å². The number of phosphoric acid groups is 1. The number of unbranched alkanes of at least 4 members (excludes halogenated alkanes) is 1. The molecular weight excluding hydrogens is 988 g/mol. The van der Waals surface area contributed by atoms with Crippen molar-refractivity contribution in [3.63, 3.8) is 0 Å². The third-order valence-electron chi connectivity index (χ3n) is 14.8. The number of benzene rings is 2. The van der Waals surface area contributed by atoms with E-state index in [0.29, 0.717) is 61.3 Å². The number of rotatable bonds is 22. The van der Waals surface area contributed by atoms with E-state index in [1.165, 1.54) is 6.07 Å². The van der Waals surface area contributed by atoms with Crippen molar-refractivity contribution in [3.05, 3.63) is 78.5 Å². The first-order chi connectivity index (χ1) is 36.1. The van der Waals surface area contributed by atoms with Crippen LogP contribution in [-0.2, 0) is 35.0 Å². The van der Waals surface area contributed by atoms with E-state index in [2.05, 4.69) is 46.2 Å². The number of para-hydroxylation sites is 1. The second-order valence-corrected chi connectivity index (χ2v) is 21.6. The molecule has 3 saturated heterocycles. The molecule has 3 atom stereocenters. The molecule has 5 fully saturated rings. The van der Waals surface area contributed by atoms with Crippen LogP contribution in [0.15, 0.2) is 72.9 Å². The molecule has 2 aromatic carbocycles. The van der Waals surface area contributed by atoms with Gasteiger partial charge >= 0.3 is 19.9 Å². The van der Waals surface area contributed by atoms with Gasteiger partial charge in [-0.3, -0.25) is 29.5 Å². The number of piperazine rings is 1. The third kappa shape index (κ3) is 13.3. The molecular formula is C52H67N10O12P. The number of anilines is 4. The monoisotopic (exact) mass is 1050 g/mol. The number of ether oxygens (including phenoxy) is 3. The summed E-state index contributed by atoms with van der Waals surface area (Å²) in [6.45, 7) is 3.70. The molecule has 75 heavy (non-hydrogen) atoms. The van der Waals surface area contributed by atoms with E-state index >= 15 is 0 Å². The molecule has 7 N–H and O–H groups in total. The molecule has 0 radical (unpaired) electrons. The van der Waals surface area contributed by atoms with Crippen LogP contribution in [0, 0.1) is 5.41 Å². The van der Waals surface area contributed by atoms with Crippen LogP contribution >= 0.6 is 7.82 Å². The normalized spacial score (nSPS) is 21.6. The molecule has 23 heteroatoms. The van der Waals surface area contributed by atoms with Gasteiger partial charge in [0.25, 0.3) is 0 Å². The number of piperidine rings is 1. The van der Waals surface area contributed by atoms with Gasteiger partial charge in [0.05, 0.1) is 23.6 Å². The second kappa shape index (κ2) is 23.6. The summed E-state index contributed by atoms with van der Waals surface area (Å²) in [7, 11) is -1.05. The molecule has 2 saturated carbocycles. The molecule has 3 aliphatic heterocycles. The molecule has 5 heterocycles. The molecule has 22 nitrogen and oxygen atoms in total. The van der Waals surface area contributed by atoms with Crippen LogP contribution in [0.25, 0.3) is 11.3 Å². The SMILES string of the molecule is CN(C)CCCC[C@H](NC(=O)C1(C(=O)O)CCC1)C(=O)Nc1ccc(COC(=O)Nc2nnc(-c3ccccc3OP(=O)(O)O)cc2N2CC3CCC(C2)N3c2ccnc(OC3CC(OC4CCNCC4)C3)c2)cc1. The summed E-state index contributed by atoms with van der Waals surface area (Å²) in [6.07, 6.45) is 9.83. The first-order valence-corrected chi connectivity index (χ1v) is 27.4. The van der Waals surface area contributed by atoms with E-state index in [0.717, 1.165) is 70.3 Å². The van der Waals surface area contributed by atoms with Crippen molar-refractivity contribution in [1.29, 1.82) is 0 Å². The maximum atomic E-state index is 13.6. The van der Waals surface area contributed by atoms with Crippen LogP contribution in [0.1, 0.15) is 82.6 Å². The maximum absolute atomic E-state index is 13.6. The summed E-state index contributed by atoms with van der Waals surface area (Å²) in [6, 6.07) is 17.8. The van der Waals surface area contributed by atoms with Gasteiger partial charge in [0.2, 0.25) is 17.7 Å². The van der Waals surface area contributed by atoms with Crippen LogP contribution < -0.4 is 40.3 Å². The fourth-order valence-corrected chi connectivity index (χ4v) is 11.0. The van der Waals surface area contributed by atoms with Crippen molar-refractivity contribution in [3.8, 4) is 22.9 Å². The summed E-state index contributed by atoms with van der Waals surface area (Å²) in [5, 5.41) is 30.3. The Labute approximate surface area is 435 Å². The Bertz CT molecular complexity index is 2700. The van der Waals surface area contributed by atoms with Crippen molar-refractivity contribution < 1.29 is 57.4 Å². The molecule has 402 valence electrons. The zero-order valence-electron chi connectivity index (χ0n) is 42.3. The number of aromatic nitrogens is 3. The minimum atomic E-state index is -4.94. The van der Waals surface area contributed by atoms with Crippen LogP contribution in [0.4, 0.5) is 27.7 Å². The number of hydrogen-bond acceptors (Lipinski definition) is 16. The van der Waals surface area contributed by atoms with Gasteiger partial charge < -0.3 is 54.5 Å².